The minimum absolute atomic E-state index is 0.0134. The molecule has 0 saturated carbocycles. The summed E-state index contributed by atoms with van der Waals surface area (Å²) in [6.45, 7) is 2.78. The van der Waals surface area contributed by atoms with Gasteiger partial charge in [-0.05, 0) is 22.4 Å². The predicted octanol–water partition coefficient (Wildman–Crippen LogP) is 3.07. The third kappa shape index (κ3) is 3.86. The van der Waals surface area contributed by atoms with Crippen molar-refractivity contribution >= 4 is 44.4 Å². The van der Waals surface area contributed by atoms with Crippen molar-refractivity contribution in [2.45, 2.75) is 0 Å². The van der Waals surface area contributed by atoms with Gasteiger partial charge in [-0.2, -0.15) is 5.26 Å². The Kier molecular flexibility index (Phi) is 5.28. The number of nitrogens with zero attached hydrogens (tertiary/aromatic N) is 4. The fraction of sp³-hybridized carbons (Fsp3) is 0.200. The van der Waals surface area contributed by atoms with Crippen LogP contribution in [0.5, 0.6) is 0 Å². The molecule has 1 aromatic heterocycles. The van der Waals surface area contributed by atoms with Gasteiger partial charge in [-0.15, -0.1) is 10.2 Å². The number of benzene rings is 2. The topological polar surface area (TPSA) is 91.1 Å². The third-order valence-electron chi connectivity index (χ3n) is 4.40. The molecule has 1 aliphatic rings. The van der Waals surface area contributed by atoms with E-state index in [0.717, 1.165) is 34.6 Å². The van der Waals surface area contributed by atoms with Crippen molar-refractivity contribution in [1.82, 2.24) is 10.2 Å². The van der Waals surface area contributed by atoms with Crippen LogP contribution >= 0.6 is 11.3 Å². The fourth-order valence-electron chi connectivity index (χ4n) is 2.99. The Balaban J connectivity index is 1.54. The monoisotopic (exact) mass is 391 g/mol. The van der Waals surface area contributed by atoms with Crippen molar-refractivity contribution in [3.8, 4) is 6.07 Å². The van der Waals surface area contributed by atoms with Gasteiger partial charge >= 0.3 is 0 Å². The largest absolute Gasteiger partial charge is 0.378 e. The van der Waals surface area contributed by atoms with Crippen molar-refractivity contribution in [2.24, 2.45) is 0 Å². The number of carbonyl (C=O) groups is 1. The Bertz CT molecular complexity index is 1070. The lowest BCUT2D eigenvalue weighted by Gasteiger charge is -2.25. The summed E-state index contributed by atoms with van der Waals surface area (Å²) >= 11 is 1.28. The molecule has 8 heteroatoms. The Morgan fingerprint density at radius 2 is 1.96 bits per heavy atom. The molecule has 1 saturated heterocycles. The van der Waals surface area contributed by atoms with Gasteiger partial charge in [0.2, 0.25) is 10.3 Å². The smallest absolute Gasteiger partial charge is 0.268 e. The number of aromatic nitrogens is 2. The Morgan fingerprint density at radius 1 is 1.18 bits per heavy atom. The van der Waals surface area contributed by atoms with Gasteiger partial charge in [-0.1, -0.05) is 53.8 Å². The highest BCUT2D eigenvalue weighted by Crippen LogP contribution is 2.25. The van der Waals surface area contributed by atoms with Crippen molar-refractivity contribution in [1.29, 1.82) is 5.26 Å². The number of ether oxygens (including phenoxy) is 1. The van der Waals surface area contributed by atoms with Crippen molar-refractivity contribution < 1.29 is 9.53 Å². The highest BCUT2D eigenvalue weighted by atomic mass is 32.1. The molecule has 7 nitrogen and oxygen atoms in total. The van der Waals surface area contributed by atoms with E-state index in [1.807, 2.05) is 48.5 Å². The minimum atomic E-state index is -0.500. The maximum Gasteiger partial charge on any atom is 0.268 e. The molecule has 1 amide bonds. The Hall–Kier alpha value is -3.28. The van der Waals surface area contributed by atoms with Crippen LogP contribution in [0.4, 0.5) is 10.3 Å². The van der Waals surface area contributed by atoms with Crippen LogP contribution in [0.15, 0.2) is 48.0 Å². The zero-order valence-electron chi connectivity index (χ0n) is 15.0. The quantitative estimate of drug-likeness (QED) is 0.543. The molecule has 0 aliphatic carbocycles. The average Bonchev–Trinajstić information content (AvgIpc) is 3.21. The first-order valence-electron chi connectivity index (χ1n) is 8.82. The first-order chi connectivity index (χ1) is 13.7. The van der Waals surface area contributed by atoms with Gasteiger partial charge in [0.05, 0.1) is 13.2 Å². The molecule has 140 valence electrons. The molecule has 1 N–H and O–H groups in total. The number of nitriles is 1. The number of anilines is 2. The van der Waals surface area contributed by atoms with Crippen LogP contribution in [0.1, 0.15) is 5.56 Å². The zero-order valence-corrected chi connectivity index (χ0v) is 15.8. The lowest BCUT2D eigenvalue weighted by Crippen LogP contribution is -2.36. The van der Waals surface area contributed by atoms with Crippen LogP contribution in [-0.4, -0.2) is 42.4 Å². The van der Waals surface area contributed by atoms with E-state index in [-0.39, 0.29) is 5.57 Å². The van der Waals surface area contributed by atoms with Gasteiger partial charge in [-0.25, -0.2) is 0 Å². The molecule has 2 heterocycles. The van der Waals surface area contributed by atoms with E-state index < -0.39 is 5.91 Å². The van der Waals surface area contributed by atoms with E-state index in [4.69, 9.17) is 4.74 Å². The van der Waals surface area contributed by atoms with Crippen LogP contribution in [0, 0.1) is 11.3 Å². The fourth-order valence-corrected chi connectivity index (χ4v) is 3.78. The van der Waals surface area contributed by atoms with Crippen molar-refractivity contribution in [2.75, 3.05) is 36.5 Å². The first-order valence-corrected chi connectivity index (χ1v) is 9.63. The summed E-state index contributed by atoms with van der Waals surface area (Å²) in [6, 6.07) is 15.6. The van der Waals surface area contributed by atoms with E-state index >= 15 is 0 Å². The maximum atomic E-state index is 12.6. The lowest BCUT2D eigenvalue weighted by molar-refractivity contribution is -0.112. The van der Waals surface area contributed by atoms with Crippen LogP contribution < -0.4 is 10.2 Å². The van der Waals surface area contributed by atoms with Crippen LogP contribution in [0.25, 0.3) is 16.8 Å². The number of rotatable bonds is 4. The van der Waals surface area contributed by atoms with Crippen LogP contribution in [0.3, 0.4) is 0 Å². The average molecular weight is 391 g/mol. The molecule has 0 radical (unpaired) electrons. The van der Waals surface area contributed by atoms with Crippen LogP contribution in [0.2, 0.25) is 0 Å². The van der Waals surface area contributed by atoms with Gasteiger partial charge in [0, 0.05) is 13.1 Å². The Labute approximate surface area is 165 Å². The number of fused-ring (bicyclic) bond motifs is 1. The second-order valence-corrected chi connectivity index (χ2v) is 7.14. The third-order valence-corrected chi connectivity index (χ3v) is 5.30. The zero-order chi connectivity index (χ0) is 19.3. The highest BCUT2D eigenvalue weighted by Gasteiger charge is 2.18. The molecule has 0 unspecified atom stereocenters. The standard InChI is InChI=1S/C20H17N5O2S/c21-13-16(12-15-6-3-5-14-4-1-2-7-17(14)15)18(26)22-19-23-24-20(28-19)25-8-10-27-11-9-25/h1-7,12H,8-11H2,(H,22,23,26)/b16-12+. The number of hydrogen-bond donors (Lipinski definition) is 1. The van der Waals surface area contributed by atoms with Crippen molar-refractivity contribution in [3.05, 3.63) is 53.6 Å². The summed E-state index contributed by atoms with van der Waals surface area (Å²) in [5, 5.41) is 23.4. The van der Waals surface area contributed by atoms with E-state index in [1.165, 1.54) is 11.3 Å². The van der Waals surface area contributed by atoms with E-state index in [1.54, 1.807) is 6.08 Å². The number of nitrogens with one attached hydrogen (secondary N) is 1. The van der Waals surface area contributed by atoms with Gasteiger partial charge in [0.15, 0.2) is 0 Å². The van der Waals surface area contributed by atoms with E-state index in [2.05, 4.69) is 20.4 Å². The van der Waals surface area contributed by atoms with E-state index in [9.17, 15) is 10.1 Å². The lowest BCUT2D eigenvalue weighted by atomic mass is 10.0. The predicted molar refractivity (Wildman–Crippen MR) is 109 cm³/mol. The van der Waals surface area contributed by atoms with Gasteiger partial charge in [0.25, 0.3) is 5.91 Å². The maximum absolute atomic E-state index is 12.6. The summed E-state index contributed by atoms with van der Waals surface area (Å²) in [7, 11) is 0. The molecule has 28 heavy (non-hydrogen) atoms. The number of amides is 1. The van der Waals surface area contributed by atoms with E-state index in [0.29, 0.717) is 18.3 Å². The van der Waals surface area contributed by atoms with Crippen LogP contribution in [-0.2, 0) is 9.53 Å². The SMILES string of the molecule is N#C/C(=C\c1cccc2ccccc12)C(=O)Nc1nnc(N2CCOCC2)s1. The molecule has 0 atom stereocenters. The van der Waals surface area contributed by atoms with Gasteiger partial charge in [-0.3, -0.25) is 10.1 Å². The normalized spacial score (nSPS) is 14.7. The summed E-state index contributed by atoms with van der Waals surface area (Å²) in [6.07, 6.45) is 1.60. The molecule has 1 fully saturated rings. The molecule has 3 aromatic rings. The molecule has 1 aliphatic heterocycles. The van der Waals surface area contributed by atoms with Crippen molar-refractivity contribution in [3.63, 3.8) is 0 Å². The number of carbonyl (C=O) groups excluding carboxylic acids is 1. The minimum Gasteiger partial charge on any atom is -0.378 e. The summed E-state index contributed by atoms with van der Waals surface area (Å²) < 4.78 is 5.33. The summed E-state index contributed by atoms with van der Waals surface area (Å²) in [4.78, 5) is 14.6. The summed E-state index contributed by atoms with van der Waals surface area (Å²) in [5.74, 6) is -0.500. The Morgan fingerprint density at radius 3 is 2.79 bits per heavy atom. The number of hydrogen-bond acceptors (Lipinski definition) is 7. The summed E-state index contributed by atoms with van der Waals surface area (Å²) in [5.41, 5.74) is 0.829. The molecule has 0 bridgehead atoms. The molecule has 4 rings (SSSR count). The second-order valence-electron chi connectivity index (χ2n) is 6.18. The second kappa shape index (κ2) is 8.17. The van der Waals surface area contributed by atoms with Gasteiger partial charge in [0.1, 0.15) is 11.6 Å². The highest BCUT2D eigenvalue weighted by molar-refractivity contribution is 7.19. The molecule has 2 aromatic carbocycles. The molecular formula is C20H17N5O2S. The molecule has 0 spiro atoms. The molecular weight excluding hydrogens is 374 g/mol. The number of morpholine rings is 1. The first kappa shape index (κ1) is 18.1. The van der Waals surface area contributed by atoms with Gasteiger partial charge < -0.3 is 9.64 Å².